The topological polar surface area (TPSA) is 60.1 Å². The molecule has 6 heteroatoms. The van der Waals surface area contributed by atoms with Crippen LogP contribution < -0.4 is 4.74 Å². The van der Waals surface area contributed by atoms with Gasteiger partial charge in [0.2, 0.25) is 0 Å². The van der Waals surface area contributed by atoms with E-state index in [0.717, 1.165) is 44.7 Å². The van der Waals surface area contributed by atoms with Crippen LogP contribution in [0.4, 0.5) is 4.39 Å². The molecule has 2 heterocycles. The minimum Gasteiger partial charge on any atom is -0.488 e. The number of halogens is 1. The normalized spacial score (nSPS) is 14.1. The lowest BCUT2D eigenvalue weighted by molar-refractivity contribution is 0.175. The average Bonchev–Trinajstić information content (AvgIpc) is 3.10. The number of para-hydroxylation sites is 2. The van der Waals surface area contributed by atoms with Crippen molar-refractivity contribution in [2.24, 2.45) is 0 Å². The lowest BCUT2D eigenvalue weighted by atomic mass is 9.89. The van der Waals surface area contributed by atoms with Gasteiger partial charge in [0.1, 0.15) is 30.6 Å². The van der Waals surface area contributed by atoms with E-state index < -0.39 is 0 Å². The molecule has 0 bridgehead atoms. The molecule has 0 saturated heterocycles. The second-order valence-electron chi connectivity index (χ2n) is 8.28. The van der Waals surface area contributed by atoms with E-state index >= 15 is 0 Å². The molecule has 0 fully saturated rings. The Morgan fingerprint density at radius 2 is 1.97 bits per heavy atom. The summed E-state index contributed by atoms with van der Waals surface area (Å²) in [5, 5.41) is 9.84. The maximum absolute atomic E-state index is 14.0. The number of methoxy groups -OCH3 is 1. The Morgan fingerprint density at radius 1 is 1.15 bits per heavy atom. The number of aromatic nitrogens is 2. The molecule has 4 aromatic rings. The van der Waals surface area contributed by atoms with Gasteiger partial charge in [-0.2, -0.15) is 5.26 Å². The number of fused-ring (bicyclic) bond motifs is 3. The van der Waals surface area contributed by atoms with Gasteiger partial charge in [-0.05, 0) is 53.4 Å². The fraction of sp³-hybridized carbons (Fsp3) is 0.214. The molecule has 0 amide bonds. The second kappa shape index (κ2) is 9.12. The Hall–Kier alpha value is -3.95. The molecule has 3 aromatic carbocycles. The molecule has 34 heavy (non-hydrogen) atoms. The predicted molar refractivity (Wildman–Crippen MR) is 129 cm³/mol. The highest BCUT2D eigenvalue weighted by atomic mass is 19.1. The van der Waals surface area contributed by atoms with Crippen LogP contribution in [-0.4, -0.2) is 16.7 Å². The summed E-state index contributed by atoms with van der Waals surface area (Å²) in [6.07, 6.45) is 0.575. The van der Waals surface area contributed by atoms with Gasteiger partial charge in [-0.1, -0.05) is 31.2 Å². The Morgan fingerprint density at radius 3 is 2.76 bits per heavy atom. The van der Waals surface area contributed by atoms with E-state index in [1.807, 2.05) is 31.2 Å². The first-order chi connectivity index (χ1) is 16.6. The molecule has 0 unspecified atom stereocenters. The van der Waals surface area contributed by atoms with Crippen LogP contribution in [0.3, 0.4) is 0 Å². The van der Waals surface area contributed by atoms with Gasteiger partial charge in [0.05, 0.1) is 17.1 Å². The molecular weight excluding hydrogens is 429 g/mol. The van der Waals surface area contributed by atoms with Gasteiger partial charge in [0.25, 0.3) is 0 Å². The highest BCUT2D eigenvalue weighted by Crippen LogP contribution is 2.40. The Kier molecular flexibility index (Phi) is 5.87. The molecule has 1 aliphatic heterocycles. The molecular formula is C28H24FN3O2. The highest BCUT2D eigenvalue weighted by Gasteiger charge is 2.23. The molecule has 0 atom stereocenters. The number of imidazole rings is 1. The Labute approximate surface area is 197 Å². The van der Waals surface area contributed by atoms with Gasteiger partial charge in [0, 0.05) is 36.4 Å². The number of nitriles is 1. The van der Waals surface area contributed by atoms with Crippen LogP contribution in [-0.2, 0) is 24.5 Å². The smallest absolute Gasteiger partial charge is 0.136 e. The Bertz CT molecular complexity index is 1460. The molecule has 0 N–H and O–H groups in total. The number of nitrogens with zero attached hydrogens (tertiary/aromatic N) is 3. The van der Waals surface area contributed by atoms with Crippen molar-refractivity contribution in [1.82, 2.24) is 9.55 Å². The number of ether oxygens (including phenoxy) is 2. The number of allylic oxidation sites excluding steroid dienone is 1. The van der Waals surface area contributed by atoms with E-state index in [-0.39, 0.29) is 5.82 Å². The first-order valence-electron chi connectivity index (χ1n) is 11.2. The van der Waals surface area contributed by atoms with E-state index in [0.29, 0.717) is 37.5 Å². The van der Waals surface area contributed by atoms with Crippen molar-refractivity contribution >= 4 is 16.6 Å². The first kappa shape index (κ1) is 21.9. The summed E-state index contributed by atoms with van der Waals surface area (Å²) in [5.74, 6) is 0.949. The largest absolute Gasteiger partial charge is 0.488 e. The minimum absolute atomic E-state index is 0.293. The summed E-state index contributed by atoms with van der Waals surface area (Å²) in [5.41, 5.74) is 7.16. The SMILES string of the molecule is CCC(C#N)=C1c2ccc(Cn3c(COC)nc4ccccc43)cc2COc2cc(F)ccc21. The van der Waals surface area contributed by atoms with Crippen LogP contribution in [0.5, 0.6) is 5.75 Å². The van der Waals surface area contributed by atoms with Crippen LogP contribution in [0.1, 0.15) is 41.4 Å². The zero-order chi connectivity index (χ0) is 23.7. The third-order valence-corrected chi connectivity index (χ3v) is 6.17. The van der Waals surface area contributed by atoms with Gasteiger partial charge < -0.3 is 14.0 Å². The summed E-state index contributed by atoms with van der Waals surface area (Å²) in [7, 11) is 1.66. The first-order valence-corrected chi connectivity index (χ1v) is 11.2. The van der Waals surface area contributed by atoms with Gasteiger partial charge in [0.15, 0.2) is 0 Å². The van der Waals surface area contributed by atoms with E-state index in [4.69, 9.17) is 14.5 Å². The molecule has 0 aliphatic carbocycles. The molecule has 1 aliphatic rings. The average molecular weight is 454 g/mol. The van der Waals surface area contributed by atoms with Crippen molar-refractivity contribution in [1.29, 1.82) is 5.26 Å². The zero-order valence-corrected chi connectivity index (χ0v) is 19.1. The summed E-state index contributed by atoms with van der Waals surface area (Å²) < 4.78 is 27.5. The summed E-state index contributed by atoms with van der Waals surface area (Å²) in [6.45, 7) is 3.28. The fourth-order valence-electron chi connectivity index (χ4n) is 4.59. The summed E-state index contributed by atoms with van der Waals surface area (Å²) in [6, 6.07) is 21.1. The second-order valence-corrected chi connectivity index (χ2v) is 8.28. The van der Waals surface area contributed by atoms with Crippen molar-refractivity contribution < 1.29 is 13.9 Å². The van der Waals surface area contributed by atoms with Crippen LogP contribution >= 0.6 is 0 Å². The van der Waals surface area contributed by atoms with Crippen molar-refractivity contribution in [3.63, 3.8) is 0 Å². The molecule has 0 radical (unpaired) electrons. The van der Waals surface area contributed by atoms with Crippen molar-refractivity contribution in [3.8, 4) is 11.8 Å². The van der Waals surface area contributed by atoms with Gasteiger partial charge in [-0.15, -0.1) is 0 Å². The highest BCUT2D eigenvalue weighted by molar-refractivity contribution is 5.88. The standard InChI is InChI=1S/C28H24FN3O2/c1-3-19(14-30)28-22-10-8-18(12-20(22)16-34-26-13-21(29)9-11-23(26)28)15-32-25-7-5-4-6-24(25)31-27(32)17-33-2/h4-13H,3,15-17H2,1-2H3. The number of hydrogen-bond donors (Lipinski definition) is 0. The quantitative estimate of drug-likeness (QED) is 0.348. The van der Waals surface area contributed by atoms with Crippen molar-refractivity contribution in [2.75, 3.05) is 7.11 Å². The van der Waals surface area contributed by atoms with Gasteiger partial charge in [-0.25, -0.2) is 9.37 Å². The van der Waals surface area contributed by atoms with Crippen LogP contribution in [0.25, 0.3) is 16.6 Å². The molecule has 5 nitrogen and oxygen atoms in total. The van der Waals surface area contributed by atoms with Crippen LogP contribution in [0.2, 0.25) is 0 Å². The summed E-state index contributed by atoms with van der Waals surface area (Å²) in [4.78, 5) is 4.73. The van der Waals surface area contributed by atoms with E-state index in [9.17, 15) is 9.65 Å². The van der Waals surface area contributed by atoms with Crippen molar-refractivity contribution in [2.45, 2.75) is 33.1 Å². The molecule has 170 valence electrons. The minimum atomic E-state index is -0.364. The number of hydrogen-bond acceptors (Lipinski definition) is 4. The number of benzene rings is 3. The fourth-order valence-corrected chi connectivity index (χ4v) is 4.59. The maximum atomic E-state index is 14.0. The van der Waals surface area contributed by atoms with E-state index in [1.54, 1.807) is 13.2 Å². The molecule has 0 spiro atoms. The monoisotopic (exact) mass is 453 g/mol. The number of rotatable bonds is 5. The van der Waals surface area contributed by atoms with Crippen molar-refractivity contribution in [3.05, 3.63) is 100 Å². The van der Waals surface area contributed by atoms with Gasteiger partial charge >= 0.3 is 0 Å². The predicted octanol–water partition coefficient (Wildman–Crippen LogP) is 6.00. The van der Waals surface area contributed by atoms with Crippen LogP contribution in [0, 0.1) is 17.1 Å². The third kappa shape index (κ3) is 3.85. The van der Waals surface area contributed by atoms with E-state index in [1.165, 1.54) is 12.1 Å². The van der Waals surface area contributed by atoms with E-state index in [2.05, 4.69) is 28.8 Å². The molecule has 0 saturated carbocycles. The maximum Gasteiger partial charge on any atom is 0.136 e. The summed E-state index contributed by atoms with van der Waals surface area (Å²) >= 11 is 0. The third-order valence-electron chi connectivity index (χ3n) is 6.17. The lowest BCUT2D eigenvalue weighted by Gasteiger charge is -2.15. The van der Waals surface area contributed by atoms with Gasteiger partial charge in [-0.3, -0.25) is 0 Å². The Balaban J connectivity index is 1.61. The lowest BCUT2D eigenvalue weighted by Crippen LogP contribution is -2.07. The van der Waals surface area contributed by atoms with Crippen LogP contribution in [0.15, 0.2) is 66.2 Å². The zero-order valence-electron chi connectivity index (χ0n) is 19.1. The molecule has 5 rings (SSSR count). The molecule has 1 aromatic heterocycles.